The van der Waals surface area contributed by atoms with Crippen molar-refractivity contribution in [3.05, 3.63) is 47.7 Å². The molecule has 1 aromatic carbocycles. The van der Waals surface area contributed by atoms with Gasteiger partial charge in [-0.15, -0.1) is 0 Å². The van der Waals surface area contributed by atoms with Gasteiger partial charge in [0.2, 0.25) is 5.09 Å². The molecule has 0 fully saturated rings. The Morgan fingerprint density at radius 3 is 2.55 bits per heavy atom. The number of sulfonamides is 1. The maximum atomic E-state index is 12.6. The Bertz CT molecular complexity index is 691. The van der Waals surface area contributed by atoms with E-state index in [1.807, 2.05) is 19.1 Å². The fourth-order valence-electron chi connectivity index (χ4n) is 1.96. The summed E-state index contributed by atoms with van der Waals surface area (Å²) in [5.41, 5.74) is 1.57. The molecule has 0 atom stereocenters. The summed E-state index contributed by atoms with van der Waals surface area (Å²) < 4.78 is 31.5. The zero-order valence-corrected chi connectivity index (χ0v) is 12.2. The average Bonchev–Trinajstić information content (AvgIpc) is 2.89. The summed E-state index contributed by atoms with van der Waals surface area (Å²) in [6.45, 7) is 3.63. The van der Waals surface area contributed by atoms with E-state index in [1.165, 1.54) is 16.4 Å². The van der Waals surface area contributed by atoms with Crippen molar-refractivity contribution < 1.29 is 17.9 Å². The van der Waals surface area contributed by atoms with Crippen molar-refractivity contribution in [1.29, 1.82) is 0 Å². The molecule has 2 aromatic rings. The summed E-state index contributed by atoms with van der Waals surface area (Å²) in [5, 5.41) is 8.80. The van der Waals surface area contributed by atoms with Gasteiger partial charge in [-0.1, -0.05) is 12.1 Å². The van der Waals surface area contributed by atoms with Gasteiger partial charge in [-0.3, -0.25) is 4.31 Å². The van der Waals surface area contributed by atoms with Crippen LogP contribution in [0.3, 0.4) is 0 Å². The Morgan fingerprint density at radius 1 is 1.25 bits per heavy atom. The van der Waals surface area contributed by atoms with Crippen LogP contribution in [0.5, 0.6) is 0 Å². The largest absolute Gasteiger partial charge is 0.445 e. The molecule has 1 aromatic heterocycles. The van der Waals surface area contributed by atoms with Crippen molar-refractivity contribution in [3.8, 4) is 0 Å². The fourth-order valence-corrected chi connectivity index (χ4v) is 3.37. The molecule has 1 N–H and O–H groups in total. The molecule has 6 heteroatoms. The molecule has 20 heavy (non-hydrogen) atoms. The smallest absolute Gasteiger partial charge is 0.297 e. The van der Waals surface area contributed by atoms with Gasteiger partial charge >= 0.3 is 0 Å². The first kappa shape index (κ1) is 14.6. The standard InChI is InChI=1S/C14H17NO4S/c1-3-15(12-6-4-5-11(2)9-12)20(17,18)14-8-7-13(10-16)19-14/h4-9,16H,3,10H2,1-2H3. The summed E-state index contributed by atoms with van der Waals surface area (Å²) in [5.74, 6) is 0.226. The van der Waals surface area contributed by atoms with Crippen molar-refractivity contribution in [1.82, 2.24) is 0 Å². The van der Waals surface area contributed by atoms with Crippen LogP contribution >= 0.6 is 0 Å². The quantitative estimate of drug-likeness (QED) is 0.918. The van der Waals surface area contributed by atoms with Gasteiger partial charge in [0, 0.05) is 6.54 Å². The van der Waals surface area contributed by atoms with Crippen LogP contribution in [-0.2, 0) is 16.6 Å². The molecule has 0 radical (unpaired) electrons. The van der Waals surface area contributed by atoms with E-state index in [0.717, 1.165) is 5.56 Å². The van der Waals surface area contributed by atoms with Crippen LogP contribution in [0.1, 0.15) is 18.2 Å². The molecular formula is C14H17NO4S. The number of nitrogens with zero attached hydrogens (tertiary/aromatic N) is 1. The summed E-state index contributed by atoms with van der Waals surface area (Å²) in [6, 6.07) is 10.1. The molecule has 108 valence electrons. The summed E-state index contributed by atoms with van der Waals surface area (Å²) in [7, 11) is -3.75. The zero-order chi connectivity index (χ0) is 14.8. The Morgan fingerprint density at radius 2 is 2.00 bits per heavy atom. The van der Waals surface area contributed by atoms with E-state index >= 15 is 0 Å². The van der Waals surface area contributed by atoms with Gasteiger partial charge in [-0.05, 0) is 43.7 Å². The van der Waals surface area contributed by atoms with E-state index in [1.54, 1.807) is 19.1 Å². The van der Waals surface area contributed by atoms with E-state index in [4.69, 9.17) is 9.52 Å². The lowest BCUT2D eigenvalue weighted by atomic mass is 10.2. The van der Waals surface area contributed by atoms with Crippen LogP contribution in [-0.4, -0.2) is 20.1 Å². The molecule has 0 saturated carbocycles. The molecule has 1 heterocycles. The average molecular weight is 295 g/mol. The molecule has 0 saturated heterocycles. The summed E-state index contributed by atoms with van der Waals surface area (Å²) >= 11 is 0. The monoisotopic (exact) mass is 295 g/mol. The predicted molar refractivity (Wildman–Crippen MR) is 76.0 cm³/mol. The normalized spacial score (nSPS) is 11.6. The van der Waals surface area contributed by atoms with Gasteiger partial charge in [0.1, 0.15) is 12.4 Å². The number of hydrogen-bond acceptors (Lipinski definition) is 4. The van der Waals surface area contributed by atoms with Gasteiger partial charge in [0.25, 0.3) is 10.0 Å². The third-order valence-electron chi connectivity index (χ3n) is 2.91. The Labute approximate surface area is 118 Å². The SMILES string of the molecule is CCN(c1cccc(C)c1)S(=O)(=O)c1ccc(CO)o1. The van der Waals surface area contributed by atoms with Crippen LogP contribution in [0, 0.1) is 6.92 Å². The van der Waals surface area contributed by atoms with Crippen molar-refractivity contribution in [3.63, 3.8) is 0 Å². The van der Waals surface area contributed by atoms with E-state index in [0.29, 0.717) is 12.2 Å². The second kappa shape index (κ2) is 5.68. The Kier molecular flexibility index (Phi) is 4.15. The highest BCUT2D eigenvalue weighted by molar-refractivity contribution is 7.92. The van der Waals surface area contributed by atoms with Crippen LogP contribution in [0.2, 0.25) is 0 Å². The number of aliphatic hydroxyl groups is 1. The second-order valence-electron chi connectivity index (χ2n) is 4.39. The van der Waals surface area contributed by atoms with Crippen molar-refractivity contribution in [2.75, 3.05) is 10.8 Å². The Balaban J connectivity index is 2.44. The first-order valence-electron chi connectivity index (χ1n) is 6.28. The zero-order valence-electron chi connectivity index (χ0n) is 11.4. The third-order valence-corrected chi connectivity index (χ3v) is 4.69. The molecule has 0 aliphatic rings. The van der Waals surface area contributed by atoms with E-state index in [-0.39, 0.29) is 17.5 Å². The van der Waals surface area contributed by atoms with E-state index < -0.39 is 10.0 Å². The van der Waals surface area contributed by atoms with Crippen molar-refractivity contribution in [2.45, 2.75) is 25.5 Å². The lowest BCUT2D eigenvalue weighted by Crippen LogP contribution is -2.30. The highest BCUT2D eigenvalue weighted by Crippen LogP contribution is 2.25. The predicted octanol–water partition coefficient (Wildman–Crippen LogP) is 2.30. The number of rotatable bonds is 5. The molecule has 2 rings (SSSR count). The van der Waals surface area contributed by atoms with Crippen LogP contribution < -0.4 is 4.31 Å². The van der Waals surface area contributed by atoms with Crippen molar-refractivity contribution in [2.24, 2.45) is 0 Å². The molecule has 0 spiro atoms. The number of aliphatic hydroxyl groups excluding tert-OH is 1. The van der Waals surface area contributed by atoms with Gasteiger partial charge in [-0.25, -0.2) is 0 Å². The van der Waals surface area contributed by atoms with Crippen LogP contribution in [0.4, 0.5) is 5.69 Å². The highest BCUT2D eigenvalue weighted by atomic mass is 32.2. The molecule has 0 amide bonds. The minimum atomic E-state index is -3.75. The molecule has 0 aliphatic heterocycles. The minimum absolute atomic E-state index is 0.162. The van der Waals surface area contributed by atoms with Gasteiger partial charge in [0.15, 0.2) is 0 Å². The van der Waals surface area contributed by atoms with Gasteiger partial charge in [-0.2, -0.15) is 8.42 Å². The van der Waals surface area contributed by atoms with Gasteiger partial charge in [0.05, 0.1) is 5.69 Å². The Hall–Kier alpha value is -1.79. The topological polar surface area (TPSA) is 70.8 Å². The number of benzene rings is 1. The second-order valence-corrected chi connectivity index (χ2v) is 6.18. The number of hydrogen-bond donors (Lipinski definition) is 1. The van der Waals surface area contributed by atoms with Crippen LogP contribution in [0.25, 0.3) is 0 Å². The molecular weight excluding hydrogens is 278 g/mol. The van der Waals surface area contributed by atoms with Crippen LogP contribution in [0.15, 0.2) is 45.9 Å². The third kappa shape index (κ3) is 2.71. The first-order valence-corrected chi connectivity index (χ1v) is 7.72. The highest BCUT2D eigenvalue weighted by Gasteiger charge is 2.27. The number of anilines is 1. The first-order chi connectivity index (χ1) is 9.48. The summed E-state index contributed by atoms with van der Waals surface area (Å²) in [6.07, 6.45) is 0. The maximum absolute atomic E-state index is 12.6. The molecule has 0 aliphatic carbocycles. The minimum Gasteiger partial charge on any atom is -0.445 e. The van der Waals surface area contributed by atoms with Gasteiger partial charge < -0.3 is 9.52 Å². The number of aryl methyl sites for hydroxylation is 1. The van der Waals surface area contributed by atoms with E-state index in [9.17, 15) is 8.42 Å². The lowest BCUT2D eigenvalue weighted by molar-refractivity contribution is 0.236. The molecule has 0 bridgehead atoms. The fraction of sp³-hybridized carbons (Fsp3) is 0.286. The number of furan rings is 1. The molecule has 5 nitrogen and oxygen atoms in total. The van der Waals surface area contributed by atoms with Crippen molar-refractivity contribution >= 4 is 15.7 Å². The lowest BCUT2D eigenvalue weighted by Gasteiger charge is -2.21. The van der Waals surface area contributed by atoms with E-state index in [2.05, 4.69) is 0 Å². The maximum Gasteiger partial charge on any atom is 0.297 e. The summed E-state index contributed by atoms with van der Waals surface area (Å²) in [4.78, 5) is 0. The molecule has 0 unspecified atom stereocenters.